The minimum Gasteiger partial charge on any atom is -0.387 e. The Bertz CT molecular complexity index is 161. The first-order valence-electron chi connectivity index (χ1n) is 4.31. The van der Waals surface area contributed by atoms with Crippen LogP contribution in [-0.4, -0.2) is 48.7 Å². The van der Waals surface area contributed by atoms with E-state index in [1.807, 2.05) is 7.05 Å². The maximum atomic E-state index is 10.8. The van der Waals surface area contributed by atoms with Crippen molar-refractivity contribution in [2.75, 3.05) is 26.7 Å². The number of nitrogens with zero attached hydrogens (tertiary/aromatic N) is 1. The van der Waals surface area contributed by atoms with E-state index in [0.29, 0.717) is 0 Å². The van der Waals surface area contributed by atoms with Crippen molar-refractivity contribution >= 4 is 5.91 Å². The Balaban J connectivity index is 2.27. The van der Waals surface area contributed by atoms with Crippen molar-refractivity contribution in [3.63, 3.8) is 0 Å². The molecular formula is C8H16N2O2. The van der Waals surface area contributed by atoms with Crippen molar-refractivity contribution in [1.82, 2.24) is 10.2 Å². The molecule has 0 saturated carbocycles. The molecule has 1 heterocycles. The zero-order chi connectivity index (χ0) is 8.97. The molecule has 1 amide bonds. The molecule has 0 spiro atoms. The van der Waals surface area contributed by atoms with Gasteiger partial charge in [0.25, 0.3) is 0 Å². The molecule has 0 aliphatic carbocycles. The van der Waals surface area contributed by atoms with Gasteiger partial charge in [0.2, 0.25) is 5.91 Å². The molecule has 1 rings (SSSR count). The summed E-state index contributed by atoms with van der Waals surface area (Å²) in [5, 5.41) is 11.3. The fraction of sp³-hybridized carbons (Fsp3) is 0.875. The standard InChI is InChI=1S/C8H16N2O2/c1-10-4-2-3-7(5-10)9-8(12)6-11/h7,11H,2-6H2,1H3,(H,9,12). The van der Waals surface area contributed by atoms with E-state index in [2.05, 4.69) is 10.2 Å². The van der Waals surface area contributed by atoms with Crippen molar-refractivity contribution < 1.29 is 9.90 Å². The van der Waals surface area contributed by atoms with Gasteiger partial charge in [-0.25, -0.2) is 0 Å². The van der Waals surface area contributed by atoms with Gasteiger partial charge in [0.1, 0.15) is 6.61 Å². The highest BCUT2D eigenvalue weighted by Crippen LogP contribution is 2.07. The molecule has 1 aliphatic heterocycles. The SMILES string of the molecule is CN1CCCC(NC(=O)CO)C1. The highest BCUT2D eigenvalue weighted by Gasteiger charge is 2.17. The topological polar surface area (TPSA) is 52.6 Å². The fourth-order valence-electron chi connectivity index (χ4n) is 1.56. The quantitative estimate of drug-likeness (QED) is 0.573. The Morgan fingerprint density at radius 3 is 3.08 bits per heavy atom. The lowest BCUT2D eigenvalue weighted by Crippen LogP contribution is -2.47. The van der Waals surface area contributed by atoms with Crippen LogP contribution in [0.2, 0.25) is 0 Å². The fourth-order valence-corrected chi connectivity index (χ4v) is 1.56. The van der Waals surface area contributed by atoms with Crippen LogP contribution in [0.5, 0.6) is 0 Å². The van der Waals surface area contributed by atoms with E-state index in [-0.39, 0.29) is 11.9 Å². The first-order chi connectivity index (χ1) is 5.72. The van der Waals surface area contributed by atoms with E-state index in [1.165, 1.54) is 0 Å². The number of nitrogens with one attached hydrogen (secondary N) is 1. The summed E-state index contributed by atoms with van der Waals surface area (Å²) in [5.41, 5.74) is 0. The second-order valence-electron chi connectivity index (χ2n) is 3.33. The zero-order valence-electron chi connectivity index (χ0n) is 7.42. The molecular weight excluding hydrogens is 156 g/mol. The molecule has 4 heteroatoms. The van der Waals surface area contributed by atoms with Crippen molar-refractivity contribution in [3.05, 3.63) is 0 Å². The number of hydrogen-bond acceptors (Lipinski definition) is 3. The molecule has 2 N–H and O–H groups in total. The minimum absolute atomic E-state index is 0.225. The molecule has 70 valence electrons. The number of likely N-dealkylation sites (tertiary alicyclic amines) is 1. The van der Waals surface area contributed by atoms with Gasteiger partial charge in [0, 0.05) is 12.6 Å². The summed E-state index contributed by atoms with van der Waals surface area (Å²) in [5.74, 6) is -0.268. The number of carbonyl (C=O) groups is 1. The number of rotatable bonds is 2. The summed E-state index contributed by atoms with van der Waals surface area (Å²) in [6.07, 6.45) is 2.14. The zero-order valence-corrected chi connectivity index (χ0v) is 7.42. The van der Waals surface area contributed by atoms with E-state index in [4.69, 9.17) is 5.11 Å². The van der Waals surface area contributed by atoms with E-state index < -0.39 is 6.61 Å². The largest absolute Gasteiger partial charge is 0.387 e. The lowest BCUT2D eigenvalue weighted by Gasteiger charge is -2.29. The number of carbonyl (C=O) groups excluding carboxylic acids is 1. The lowest BCUT2D eigenvalue weighted by atomic mass is 10.1. The van der Waals surface area contributed by atoms with Gasteiger partial charge in [-0.3, -0.25) is 4.79 Å². The predicted molar refractivity (Wildman–Crippen MR) is 45.7 cm³/mol. The molecule has 1 saturated heterocycles. The maximum Gasteiger partial charge on any atom is 0.245 e. The Kier molecular flexibility index (Phi) is 3.49. The number of piperidine rings is 1. The molecule has 1 unspecified atom stereocenters. The van der Waals surface area contributed by atoms with Crippen LogP contribution in [0.15, 0.2) is 0 Å². The van der Waals surface area contributed by atoms with E-state index >= 15 is 0 Å². The first-order valence-corrected chi connectivity index (χ1v) is 4.31. The molecule has 1 atom stereocenters. The molecule has 12 heavy (non-hydrogen) atoms. The van der Waals surface area contributed by atoms with Crippen LogP contribution < -0.4 is 5.32 Å². The Morgan fingerprint density at radius 2 is 2.50 bits per heavy atom. The summed E-state index contributed by atoms with van der Waals surface area (Å²) in [4.78, 5) is 13.0. The van der Waals surface area contributed by atoms with E-state index in [0.717, 1.165) is 25.9 Å². The molecule has 4 nitrogen and oxygen atoms in total. The molecule has 1 aliphatic rings. The van der Waals surface area contributed by atoms with Crippen LogP contribution in [0.25, 0.3) is 0 Å². The average molecular weight is 172 g/mol. The number of aliphatic hydroxyl groups excluding tert-OH is 1. The highest BCUT2D eigenvalue weighted by atomic mass is 16.3. The van der Waals surface area contributed by atoms with Crippen LogP contribution in [0.3, 0.4) is 0 Å². The van der Waals surface area contributed by atoms with Gasteiger partial charge in [0.05, 0.1) is 0 Å². The summed E-state index contributed by atoms with van der Waals surface area (Å²) in [7, 11) is 2.04. The number of hydrogen-bond donors (Lipinski definition) is 2. The van der Waals surface area contributed by atoms with Gasteiger partial charge in [-0.15, -0.1) is 0 Å². The second kappa shape index (κ2) is 4.42. The first kappa shape index (κ1) is 9.48. The van der Waals surface area contributed by atoms with Gasteiger partial charge < -0.3 is 15.3 Å². The van der Waals surface area contributed by atoms with Gasteiger partial charge in [-0.2, -0.15) is 0 Å². The molecule has 0 aromatic heterocycles. The smallest absolute Gasteiger partial charge is 0.245 e. The normalized spacial score (nSPS) is 25.3. The van der Waals surface area contributed by atoms with Gasteiger partial charge in [-0.05, 0) is 26.4 Å². The molecule has 0 aromatic rings. The summed E-state index contributed by atoms with van der Waals surface area (Å²) in [6, 6.07) is 0.225. The third kappa shape index (κ3) is 2.79. The molecule has 0 aromatic carbocycles. The molecule has 0 bridgehead atoms. The van der Waals surface area contributed by atoms with Crippen LogP contribution in [0.4, 0.5) is 0 Å². The predicted octanol–water partition coefficient (Wildman–Crippen LogP) is -0.811. The van der Waals surface area contributed by atoms with E-state index in [1.54, 1.807) is 0 Å². The van der Waals surface area contributed by atoms with E-state index in [9.17, 15) is 4.79 Å². The number of likely N-dealkylation sites (N-methyl/N-ethyl adjacent to an activating group) is 1. The third-order valence-corrected chi connectivity index (χ3v) is 2.13. The monoisotopic (exact) mass is 172 g/mol. The summed E-state index contributed by atoms with van der Waals surface area (Å²) >= 11 is 0. The number of amides is 1. The van der Waals surface area contributed by atoms with Gasteiger partial charge in [0.15, 0.2) is 0 Å². The Hall–Kier alpha value is -0.610. The number of aliphatic hydroxyl groups is 1. The molecule has 0 radical (unpaired) electrons. The average Bonchev–Trinajstić information content (AvgIpc) is 2.04. The van der Waals surface area contributed by atoms with Crippen LogP contribution in [-0.2, 0) is 4.79 Å². The van der Waals surface area contributed by atoms with Crippen LogP contribution in [0, 0.1) is 0 Å². The Labute approximate surface area is 72.6 Å². The lowest BCUT2D eigenvalue weighted by molar-refractivity contribution is -0.124. The summed E-state index contributed by atoms with van der Waals surface area (Å²) in [6.45, 7) is 1.59. The maximum absolute atomic E-state index is 10.8. The van der Waals surface area contributed by atoms with Gasteiger partial charge >= 0.3 is 0 Å². The Morgan fingerprint density at radius 1 is 1.75 bits per heavy atom. The highest BCUT2D eigenvalue weighted by molar-refractivity contribution is 5.77. The van der Waals surface area contributed by atoms with Crippen LogP contribution in [0.1, 0.15) is 12.8 Å². The minimum atomic E-state index is -0.403. The second-order valence-corrected chi connectivity index (χ2v) is 3.33. The third-order valence-electron chi connectivity index (χ3n) is 2.13. The van der Waals surface area contributed by atoms with Crippen molar-refractivity contribution in [3.8, 4) is 0 Å². The van der Waals surface area contributed by atoms with Crippen molar-refractivity contribution in [1.29, 1.82) is 0 Å². The van der Waals surface area contributed by atoms with Crippen LogP contribution >= 0.6 is 0 Å². The summed E-state index contributed by atoms with van der Waals surface area (Å²) < 4.78 is 0. The van der Waals surface area contributed by atoms with Crippen molar-refractivity contribution in [2.45, 2.75) is 18.9 Å². The van der Waals surface area contributed by atoms with Crippen molar-refractivity contribution in [2.24, 2.45) is 0 Å². The molecule has 1 fully saturated rings. The van der Waals surface area contributed by atoms with Gasteiger partial charge in [-0.1, -0.05) is 0 Å².